The first kappa shape index (κ1) is 22.1. The Labute approximate surface area is 177 Å². The molecule has 1 aromatic heterocycles. The summed E-state index contributed by atoms with van der Waals surface area (Å²) in [6.45, 7) is 8.62. The first-order valence-corrected chi connectivity index (χ1v) is 10.7. The van der Waals surface area contributed by atoms with E-state index in [2.05, 4.69) is 25.0 Å². The van der Waals surface area contributed by atoms with Crippen molar-refractivity contribution in [2.24, 2.45) is 0 Å². The van der Waals surface area contributed by atoms with Gasteiger partial charge in [-0.3, -0.25) is 4.57 Å². The fourth-order valence-corrected chi connectivity index (χ4v) is 3.60. The summed E-state index contributed by atoms with van der Waals surface area (Å²) in [5.74, 6) is 1.32. The van der Waals surface area contributed by atoms with Crippen LogP contribution in [0.5, 0.6) is 0 Å². The molecule has 0 amide bonds. The maximum atomic E-state index is 6.20. The van der Waals surface area contributed by atoms with Crippen LogP contribution in [-0.4, -0.2) is 15.4 Å². The standard InChI is InChI=1S/C22H27Cl3N2/c1-4-5-6-7-21-17(3)27(20-12-10-18(24)11-13-20)22(26-21)16(2)8-9-19(25)14-15-23/h10-14H,2,4-9,15H2,1,3H3/b19-14+. The maximum Gasteiger partial charge on any atom is 0.140 e. The third kappa shape index (κ3) is 6.14. The van der Waals surface area contributed by atoms with Crippen LogP contribution in [0.15, 0.2) is 42.0 Å². The largest absolute Gasteiger partial charge is 0.297 e. The van der Waals surface area contributed by atoms with E-state index in [0.29, 0.717) is 12.3 Å². The molecule has 0 fully saturated rings. The molecule has 1 aromatic carbocycles. The number of halogens is 3. The van der Waals surface area contributed by atoms with Crippen LogP contribution in [0.3, 0.4) is 0 Å². The van der Waals surface area contributed by atoms with Gasteiger partial charge in [-0.05, 0) is 62.4 Å². The van der Waals surface area contributed by atoms with Gasteiger partial charge >= 0.3 is 0 Å². The molecule has 0 N–H and O–H groups in total. The van der Waals surface area contributed by atoms with E-state index in [1.807, 2.05) is 30.3 Å². The number of unbranched alkanes of at least 4 members (excludes halogenated alkanes) is 2. The van der Waals surface area contributed by atoms with Gasteiger partial charge in [-0.25, -0.2) is 4.98 Å². The zero-order chi connectivity index (χ0) is 19.8. The number of imidazole rings is 1. The van der Waals surface area contributed by atoms with Crippen LogP contribution in [0.2, 0.25) is 5.02 Å². The van der Waals surface area contributed by atoms with Crippen molar-refractivity contribution in [2.75, 3.05) is 5.88 Å². The topological polar surface area (TPSA) is 17.8 Å². The molecule has 146 valence electrons. The van der Waals surface area contributed by atoms with Gasteiger partial charge in [-0.2, -0.15) is 0 Å². The lowest BCUT2D eigenvalue weighted by Gasteiger charge is -2.12. The zero-order valence-electron chi connectivity index (χ0n) is 16.1. The van der Waals surface area contributed by atoms with Crippen molar-refractivity contribution in [3.63, 3.8) is 0 Å². The number of allylic oxidation sites excluding steroid dienone is 3. The average Bonchev–Trinajstić information content (AvgIpc) is 2.98. The van der Waals surface area contributed by atoms with E-state index in [4.69, 9.17) is 39.8 Å². The normalized spacial score (nSPS) is 11.8. The van der Waals surface area contributed by atoms with E-state index in [1.54, 1.807) is 0 Å². The summed E-state index contributed by atoms with van der Waals surface area (Å²) in [5.41, 5.74) is 4.31. The molecule has 0 saturated carbocycles. The average molecular weight is 426 g/mol. The maximum absolute atomic E-state index is 6.20. The van der Waals surface area contributed by atoms with Gasteiger partial charge in [0.2, 0.25) is 0 Å². The molecule has 0 spiro atoms. The predicted molar refractivity (Wildman–Crippen MR) is 119 cm³/mol. The Morgan fingerprint density at radius 1 is 1.19 bits per heavy atom. The van der Waals surface area contributed by atoms with E-state index in [-0.39, 0.29) is 0 Å². The smallest absolute Gasteiger partial charge is 0.140 e. The molecule has 0 bridgehead atoms. The number of nitrogens with zero attached hydrogens (tertiary/aromatic N) is 2. The van der Waals surface area contributed by atoms with Crippen molar-refractivity contribution in [3.05, 3.63) is 64.2 Å². The summed E-state index contributed by atoms with van der Waals surface area (Å²) in [6, 6.07) is 7.84. The van der Waals surface area contributed by atoms with Crippen molar-refractivity contribution >= 4 is 40.4 Å². The SMILES string of the molecule is C=C(CC/C(Cl)=C\CCl)c1nc(CCCCC)c(C)n1-c1ccc(Cl)cc1. The third-order valence-electron chi connectivity index (χ3n) is 4.59. The van der Waals surface area contributed by atoms with Crippen LogP contribution < -0.4 is 0 Å². The van der Waals surface area contributed by atoms with Crippen molar-refractivity contribution in [2.45, 2.75) is 52.4 Å². The Balaban J connectivity index is 2.35. The van der Waals surface area contributed by atoms with Gasteiger partial charge in [0.05, 0.1) is 5.69 Å². The summed E-state index contributed by atoms with van der Waals surface area (Å²) in [4.78, 5) is 4.95. The summed E-state index contributed by atoms with van der Waals surface area (Å²) >= 11 is 18.0. The van der Waals surface area contributed by atoms with Crippen LogP contribution in [0.4, 0.5) is 0 Å². The highest BCUT2D eigenvalue weighted by Crippen LogP contribution is 2.28. The summed E-state index contributed by atoms with van der Waals surface area (Å²) in [7, 11) is 0. The molecule has 0 radical (unpaired) electrons. The van der Waals surface area contributed by atoms with Crippen molar-refractivity contribution in [3.8, 4) is 5.69 Å². The molecule has 5 heteroatoms. The molecule has 0 aliphatic rings. The molecule has 0 saturated heterocycles. The summed E-state index contributed by atoms with van der Waals surface area (Å²) < 4.78 is 2.18. The Hall–Kier alpha value is -1.22. The predicted octanol–water partition coefficient (Wildman–Crippen LogP) is 7.72. The first-order chi connectivity index (χ1) is 13.0. The second kappa shape index (κ2) is 10.9. The van der Waals surface area contributed by atoms with E-state index >= 15 is 0 Å². The molecular weight excluding hydrogens is 399 g/mol. The van der Waals surface area contributed by atoms with Crippen LogP contribution in [0.25, 0.3) is 11.3 Å². The number of alkyl halides is 1. The Bertz CT molecular complexity index is 789. The van der Waals surface area contributed by atoms with Gasteiger partial charge in [0.1, 0.15) is 5.82 Å². The lowest BCUT2D eigenvalue weighted by atomic mass is 10.1. The van der Waals surface area contributed by atoms with Gasteiger partial charge in [0.15, 0.2) is 0 Å². The van der Waals surface area contributed by atoms with Crippen LogP contribution in [0.1, 0.15) is 56.2 Å². The number of hydrogen-bond donors (Lipinski definition) is 0. The molecule has 2 aromatic rings. The highest BCUT2D eigenvalue weighted by atomic mass is 35.5. The minimum Gasteiger partial charge on any atom is -0.297 e. The van der Waals surface area contributed by atoms with Crippen LogP contribution in [0, 0.1) is 6.92 Å². The number of hydrogen-bond acceptors (Lipinski definition) is 1. The van der Waals surface area contributed by atoms with E-state index in [9.17, 15) is 0 Å². The van der Waals surface area contributed by atoms with Gasteiger partial charge in [0.25, 0.3) is 0 Å². The number of rotatable bonds is 10. The summed E-state index contributed by atoms with van der Waals surface area (Å²) in [5, 5.41) is 1.48. The van der Waals surface area contributed by atoms with Gasteiger partial charge < -0.3 is 0 Å². The Kier molecular flexibility index (Phi) is 8.95. The van der Waals surface area contributed by atoms with Crippen molar-refractivity contribution in [1.29, 1.82) is 0 Å². The molecule has 0 atom stereocenters. The van der Waals surface area contributed by atoms with E-state index in [0.717, 1.165) is 57.8 Å². The molecule has 0 aliphatic heterocycles. The monoisotopic (exact) mass is 424 g/mol. The number of benzene rings is 1. The van der Waals surface area contributed by atoms with Gasteiger partial charge in [-0.15, -0.1) is 11.6 Å². The second-order valence-corrected chi connectivity index (χ2v) is 7.88. The molecular formula is C22H27Cl3N2. The lowest BCUT2D eigenvalue weighted by molar-refractivity contribution is 0.706. The molecule has 0 aliphatic carbocycles. The second-order valence-electron chi connectivity index (χ2n) is 6.65. The quantitative estimate of drug-likeness (QED) is 0.281. The first-order valence-electron chi connectivity index (χ1n) is 9.40. The Morgan fingerprint density at radius 3 is 2.52 bits per heavy atom. The minimum atomic E-state index is 0.422. The van der Waals surface area contributed by atoms with Crippen molar-refractivity contribution < 1.29 is 0 Å². The Morgan fingerprint density at radius 2 is 1.89 bits per heavy atom. The van der Waals surface area contributed by atoms with Gasteiger partial charge in [-0.1, -0.05) is 55.6 Å². The highest BCUT2D eigenvalue weighted by Gasteiger charge is 2.17. The van der Waals surface area contributed by atoms with E-state index < -0.39 is 0 Å². The van der Waals surface area contributed by atoms with Crippen LogP contribution >= 0.6 is 34.8 Å². The van der Waals surface area contributed by atoms with E-state index in [1.165, 1.54) is 12.8 Å². The number of aromatic nitrogens is 2. The molecule has 1 heterocycles. The fourth-order valence-electron chi connectivity index (χ4n) is 3.04. The lowest BCUT2D eigenvalue weighted by Crippen LogP contribution is -2.02. The van der Waals surface area contributed by atoms with Crippen LogP contribution in [-0.2, 0) is 6.42 Å². The van der Waals surface area contributed by atoms with Crippen molar-refractivity contribution in [1.82, 2.24) is 9.55 Å². The third-order valence-corrected chi connectivity index (χ3v) is 5.34. The minimum absolute atomic E-state index is 0.422. The molecule has 27 heavy (non-hydrogen) atoms. The van der Waals surface area contributed by atoms with Gasteiger partial charge in [0, 0.05) is 27.3 Å². The molecule has 2 rings (SSSR count). The summed E-state index contributed by atoms with van der Waals surface area (Å²) in [6.07, 6.45) is 7.81. The zero-order valence-corrected chi connectivity index (χ0v) is 18.3. The molecule has 0 unspecified atom stereocenters. The molecule has 2 nitrogen and oxygen atoms in total. The fraction of sp³-hybridized carbons (Fsp3) is 0.409. The number of aryl methyl sites for hydroxylation is 1. The highest BCUT2D eigenvalue weighted by molar-refractivity contribution is 6.30.